The first-order chi connectivity index (χ1) is 15.7. The summed E-state index contributed by atoms with van der Waals surface area (Å²) in [4.78, 5) is 30.5. The zero-order valence-electron chi connectivity index (χ0n) is 19.5. The highest BCUT2D eigenvalue weighted by Gasteiger charge is 2.24. The number of methoxy groups -OCH3 is 1. The number of fused-ring (bicyclic) bond motifs is 1. The third-order valence-corrected chi connectivity index (χ3v) is 5.54. The second-order valence-corrected chi connectivity index (χ2v) is 9.14. The number of rotatable bonds is 4. The molecule has 0 radical (unpaired) electrons. The van der Waals surface area contributed by atoms with Gasteiger partial charge in [0.1, 0.15) is 5.60 Å². The second kappa shape index (κ2) is 9.10. The maximum Gasteiger partial charge on any atom is 0.410 e. The summed E-state index contributed by atoms with van der Waals surface area (Å²) in [5.74, 6) is -0.337. The highest BCUT2D eigenvalue weighted by Crippen LogP contribution is 2.25. The number of nitrogens with zero attached hydrogens (tertiary/aromatic N) is 3. The predicted molar refractivity (Wildman–Crippen MR) is 127 cm³/mol. The van der Waals surface area contributed by atoms with Gasteiger partial charge in [-0.15, -0.1) is 0 Å². The molecule has 0 atom stereocenters. The molecule has 1 amide bonds. The number of ether oxygens (including phenoxy) is 2. The third kappa shape index (κ3) is 5.25. The molecule has 0 N–H and O–H groups in total. The molecule has 0 unspecified atom stereocenters. The van der Waals surface area contributed by atoms with E-state index >= 15 is 0 Å². The van der Waals surface area contributed by atoms with Crippen LogP contribution in [0.1, 0.15) is 48.8 Å². The molecule has 0 aliphatic carbocycles. The summed E-state index contributed by atoms with van der Waals surface area (Å²) >= 11 is 0. The van der Waals surface area contributed by atoms with Crippen LogP contribution in [0.3, 0.4) is 0 Å². The van der Waals surface area contributed by atoms with Crippen LogP contribution in [0, 0.1) is 0 Å². The summed E-state index contributed by atoms with van der Waals surface area (Å²) in [6, 6.07) is 13.6. The molecule has 2 aromatic heterocycles. The van der Waals surface area contributed by atoms with Gasteiger partial charge >= 0.3 is 12.1 Å². The van der Waals surface area contributed by atoms with E-state index in [1.807, 2.05) is 51.2 Å². The van der Waals surface area contributed by atoms with E-state index in [0.717, 1.165) is 34.3 Å². The zero-order valence-corrected chi connectivity index (χ0v) is 19.5. The molecule has 7 heteroatoms. The molecule has 0 spiro atoms. The van der Waals surface area contributed by atoms with Crippen molar-refractivity contribution in [3.05, 3.63) is 71.6 Å². The monoisotopic (exact) mass is 447 g/mol. The number of esters is 1. The molecule has 0 bridgehead atoms. The Morgan fingerprint density at radius 3 is 2.45 bits per heavy atom. The van der Waals surface area contributed by atoms with E-state index in [0.29, 0.717) is 25.2 Å². The average molecular weight is 448 g/mol. The summed E-state index contributed by atoms with van der Waals surface area (Å²) < 4.78 is 12.4. The molecule has 3 heterocycles. The minimum Gasteiger partial charge on any atom is -0.465 e. The summed E-state index contributed by atoms with van der Waals surface area (Å²) in [5, 5.41) is 0. The normalized spacial score (nSPS) is 14.2. The lowest BCUT2D eigenvalue weighted by atomic mass is 10.0. The molecule has 172 valence electrons. The molecule has 1 aliphatic heterocycles. The van der Waals surface area contributed by atoms with Crippen LogP contribution in [-0.4, -0.2) is 52.3 Å². The van der Waals surface area contributed by atoms with Gasteiger partial charge in [-0.25, -0.2) is 14.6 Å². The van der Waals surface area contributed by atoms with Crippen molar-refractivity contribution >= 4 is 28.7 Å². The maximum absolute atomic E-state index is 12.3. The fourth-order valence-electron chi connectivity index (χ4n) is 3.85. The summed E-state index contributed by atoms with van der Waals surface area (Å²) in [5.41, 5.74) is 5.17. The fraction of sp³-hybridized carbons (Fsp3) is 0.346. The van der Waals surface area contributed by atoms with Gasteiger partial charge in [-0.05, 0) is 68.7 Å². The highest BCUT2D eigenvalue weighted by atomic mass is 16.6. The summed E-state index contributed by atoms with van der Waals surface area (Å²) in [6.07, 6.45) is 4.54. The van der Waals surface area contributed by atoms with Crippen molar-refractivity contribution < 1.29 is 19.1 Å². The standard InChI is InChI=1S/C26H29N3O4/c1-26(2,3)33-25(31)28-14-11-19(12-15-28)21-9-10-23-22(27-21)13-16-29(23)17-18-5-7-20(8-6-18)24(30)32-4/h5-11,13,16H,12,14-15,17H2,1-4H3. The van der Waals surface area contributed by atoms with E-state index in [1.165, 1.54) is 7.11 Å². The molecule has 3 aromatic rings. The minimum atomic E-state index is -0.496. The minimum absolute atomic E-state index is 0.280. The van der Waals surface area contributed by atoms with Gasteiger partial charge in [0, 0.05) is 25.8 Å². The summed E-state index contributed by atoms with van der Waals surface area (Å²) in [6.45, 7) is 7.44. The third-order valence-electron chi connectivity index (χ3n) is 5.54. The molecule has 1 aromatic carbocycles. The van der Waals surface area contributed by atoms with Crippen molar-refractivity contribution in [3.8, 4) is 0 Å². The van der Waals surface area contributed by atoms with E-state index in [1.54, 1.807) is 17.0 Å². The Bertz CT molecular complexity index is 1200. The Labute approximate surface area is 193 Å². The number of pyridine rings is 1. The first kappa shape index (κ1) is 22.6. The lowest BCUT2D eigenvalue weighted by Gasteiger charge is -2.29. The molecule has 0 saturated heterocycles. The van der Waals surface area contributed by atoms with Crippen LogP contribution >= 0.6 is 0 Å². The first-order valence-corrected chi connectivity index (χ1v) is 11.0. The highest BCUT2D eigenvalue weighted by molar-refractivity contribution is 5.89. The molecular formula is C26H29N3O4. The molecule has 0 saturated carbocycles. The van der Waals surface area contributed by atoms with E-state index in [-0.39, 0.29) is 12.1 Å². The molecule has 4 rings (SSSR count). The Hall–Kier alpha value is -3.61. The Kier molecular flexibility index (Phi) is 6.22. The van der Waals surface area contributed by atoms with Gasteiger partial charge in [0.05, 0.1) is 29.4 Å². The number of hydrogen-bond acceptors (Lipinski definition) is 5. The lowest BCUT2D eigenvalue weighted by Crippen LogP contribution is -2.39. The molecule has 0 fully saturated rings. The van der Waals surface area contributed by atoms with Gasteiger partial charge < -0.3 is 18.9 Å². The largest absolute Gasteiger partial charge is 0.465 e. The van der Waals surface area contributed by atoms with Crippen LogP contribution in [-0.2, 0) is 16.0 Å². The number of aromatic nitrogens is 2. The van der Waals surface area contributed by atoms with E-state index in [2.05, 4.69) is 16.7 Å². The van der Waals surface area contributed by atoms with Gasteiger partial charge in [-0.2, -0.15) is 0 Å². The van der Waals surface area contributed by atoms with Crippen LogP contribution < -0.4 is 0 Å². The SMILES string of the molecule is COC(=O)c1ccc(Cn2ccc3nc(C4=CCN(C(=O)OC(C)(C)C)CC4)ccc32)cc1. The molecule has 7 nitrogen and oxygen atoms in total. The Balaban J connectivity index is 1.46. The Morgan fingerprint density at radius 1 is 1.06 bits per heavy atom. The van der Waals surface area contributed by atoms with Crippen molar-refractivity contribution in [2.24, 2.45) is 0 Å². The van der Waals surface area contributed by atoms with Gasteiger partial charge in [0.15, 0.2) is 0 Å². The van der Waals surface area contributed by atoms with Crippen LogP contribution in [0.25, 0.3) is 16.6 Å². The second-order valence-electron chi connectivity index (χ2n) is 9.14. The number of carbonyl (C=O) groups is 2. The fourth-order valence-corrected chi connectivity index (χ4v) is 3.85. The average Bonchev–Trinajstić information content (AvgIpc) is 3.20. The van der Waals surface area contributed by atoms with Gasteiger partial charge in [-0.1, -0.05) is 18.2 Å². The predicted octanol–water partition coefficient (Wildman–Crippen LogP) is 4.90. The first-order valence-electron chi connectivity index (χ1n) is 11.0. The zero-order chi connectivity index (χ0) is 23.6. The van der Waals surface area contributed by atoms with Crippen molar-refractivity contribution in [2.75, 3.05) is 20.2 Å². The van der Waals surface area contributed by atoms with Gasteiger partial charge in [0.25, 0.3) is 0 Å². The van der Waals surface area contributed by atoms with E-state index in [9.17, 15) is 9.59 Å². The van der Waals surface area contributed by atoms with Crippen LogP contribution in [0.5, 0.6) is 0 Å². The smallest absolute Gasteiger partial charge is 0.410 e. The van der Waals surface area contributed by atoms with Crippen molar-refractivity contribution in [3.63, 3.8) is 0 Å². The van der Waals surface area contributed by atoms with Crippen LogP contribution in [0.15, 0.2) is 54.7 Å². The molecule has 1 aliphatic rings. The van der Waals surface area contributed by atoms with Crippen molar-refractivity contribution in [1.29, 1.82) is 0 Å². The number of carbonyl (C=O) groups excluding carboxylic acids is 2. The topological polar surface area (TPSA) is 73.7 Å². The van der Waals surface area contributed by atoms with Gasteiger partial charge in [0.2, 0.25) is 0 Å². The van der Waals surface area contributed by atoms with Gasteiger partial charge in [-0.3, -0.25) is 0 Å². The van der Waals surface area contributed by atoms with E-state index in [4.69, 9.17) is 14.5 Å². The number of benzene rings is 1. The maximum atomic E-state index is 12.3. The van der Waals surface area contributed by atoms with Crippen molar-refractivity contribution in [1.82, 2.24) is 14.5 Å². The van der Waals surface area contributed by atoms with Crippen molar-refractivity contribution in [2.45, 2.75) is 39.3 Å². The van der Waals surface area contributed by atoms with Crippen LogP contribution in [0.2, 0.25) is 0 Å². The lowest BCUT2D eigenvalue weighted by molar-refractivity contribution is 0.0270. The number of amides is 1. The van der Waals surface area contributed by atoms with Crippen LogP contribution in [0.4, 0.5) is 4.79 Å². The number of hydrogen-bond donors (Lipinski definition) is 0. The summed E-state index contributed by atoms with van der Waals surface area (Å²) in [7, 11) is 1.38. The van der Waals surface area contributed by atoms with E-state index < -0.39 is 5.60 Å². The molecule has 33 heavy (non-hydrogen) atoms. The quantitative estimate of drug-likeness (QED) is 0.532. The molecular weight excluding hydrogens is 418 g/mol. The Morgan fingerprint density at radius 2 is 1.82 bits per heavy atom.